The second-order valence-corrected chi connectivity index (χ2v) is 11.5. The largest absolute Gasteiger partial charge is 0.298 e. The molecule has 1 amide bonds. The fourth-order valence-electron chi connectivity index (χ4n) is 3.75. The number of hydrogen-bond donors (Lipinski definition) is 1. The quantitative estimate of drug-likeness (QED) is 0.278. The highest BCUT2D eigenvalue weighted by Gasteiger charge is 2.23. The van der Waals surface area contributed by atoms with Gasteiger partial charge in [0.25, 0.3) is 5.91 Å². The van der Waals surface area contributed by atoms with Gasteiger partial charge in [0.15, 0.2) is 5.13 Å². The number of anilines is 1. The molecule has 0 bridgehead atoms. The number of nitrogens with one attached hydrogen (secondary N) is 1. The zero-order valence-electron chi connectivity index (χ0n) is 20.5. The number of benzene rings is 3. The lowest BCUT2D eigenvalue weighted by molar-refractivity contribution is 0.102. The Morgan fingerprint density at radius 2 is 1.64 bits per heavy atom. The van der Waals surface area contributed by atoms with Crippen molar-refractivity contribution >= 4 is 32.4 Å². The lowest BCUT2D eigenvalue weighted by Crippen LogP contribution is -2.30. The van der Waals surface area contributed by atoms with Crippen LogP contribution in [0.2, 0.25) is 0 Å². The Kier molecular flexibility index (Phi) is 7.98. The first-order chi connectivity index (χ1) is 17.3. The van der Waals surface area contributed by atoms with E-state index in [0.717, 1.165) is 16.8 Å². The number of carbonyl (C=O) groups excluding carboxylic acids is 1. The van der Waals surface area contributed by atoms with Crippen LogP contribution in [0.4, 0.5) is 5.13 Å². The molecular formula is C28H29N3O3S2. The predicted molar refractivity (Wildman–Crippen MR) is 146 cm³/mol. The maximum absolute atomic E-state index is 13.2. The molecule has 1 N–H and O–H groups in total. The highest BCUT2D eigenvalue weighted by Crippen LogP contribution is 2.27. The summed E-state index contributed by atoms with van der Waals surface area (Å²) in [5.74, 6) is 0.117. The van der Waals surface area contributed by atoms with Gasteiger partial charge in [-0.15, -0.1) is 11.3 Å². The molecule has 0 radical (unpaired) electrons. The molecule has 0 saturated carbocycles. The second-order valence-electron chi connectivity index (χ2n) is 8.71. The monoisotopic (exact) mass is 519 g/mol. The molecule has 3 aromatic carbocycles. The number of carbonyl (C=O) groups is 1. The SMILES string of the molecule is CCN(Cc1ccccc1)S(=O)(=O)c1ccc(C(=O)Nc2nc(-c3ccc(C(C)C)cc3)cs2)cc1. The molecule has 6 nitrogen and oxygen atoms in total. The third-order valence-electron chi connectivity index (χ3n) is 5.91. The molecule has 8 heteroatoms. The number of rotatable bonds is 9. The van der Waals surface area contributed by atoms with Crippen molar-refractivity contribution in [1.82, 2.24) is 9.29 Å². The van der Waals surface area contributed by atoms with Gasteiger partial charge in [-0.1, -0.05) is 75.4 Å². The molecule has 1 heterocycles. The summed E-state index contributed by atoms with van der Waals surface area (Å²) in [6.07, 6.45) is 0. The highest BCUT2D eigenvalue weighted by atomic mass is 32.2. The average molecular weight is 520 g/mol. The van der Waals surface area contributed by atoms with Crippen molar-refractivity contribution in [2.45, 2.75) is 38.1 Å². The van der Waals surface area contributed by atoms with Crippen molar-refractivity contribution in [2.24, 2.45) is 0 Å². The molecule has 0 aliphatic carbocycles. The first-order valence-electron chi connectivity index (χ1n) is 11.8. The Morgan fingerprint density at radius 1 is 0.972 bits per heavy atom. The van der Waals surface area contributed by atoms with Gasteiger partial charge in [0.2, 0.25) is 10.0 Å². The Morgan fingerprint density at radius 3 is 2.25 bits per heavy atom. The van der Waals surface area contributed by atoms with Gasteiger partial charge < -0.3 is 0 Å². The van der Waals surface area contributed by atoms with Crippen LogP contribution in [0, 0.1) is 0 Å². The van der Waals surface area contributed by atoms with E-state index in [1.165, 1.54) is 45.5 Å². The van der Waals surface area contributed by atoms with Crippen molar-refractivity contribution in [3.8, 4) is 11.3 Å². The Hall–Kier alpha value is -3.33. The molecule has 0 aliphatic heterocycles. The average Bonchev–Trinajstić information content (AvgIpc) is 3.36. The molecule has 0 aliphatic rings. The molecular weight excluding hydrogens is 490 g/mol. The Labute approximate surface area is 216 Å². The molecule has 4 aromatic rings. The number of nitrogens with zero attached hydrogens (tertiary/aromatic N) is 2. The third kappa shape index (κ3) is 5.90. The summed E-state index contributed by atoms with van der Waals surface area (Å²) in [5, 5.41) is 5.20. The van der Waals surface area contributed by atoms with Crippen molar-refractivity contribution in [2.75, 3.05) is 11.9 Å². The molecule has 36 heavy (non-hydrogen) atoms. The normalized spacial score (nSPS) is 11.7. The maximum atomic E-state index is 13.2. The molecule has 0 unspecified atom stereocenters. The smallest absolute Gasteiger partial charge is 0.257 e. The summed E-state index contributed by atoms with van der Waals surface area (Å²) in [6, 6.07) is 23.7. The minimum atomic E-state index is -3.70. The number of aromatic nitrogens is 1. The van der Waals surface area contributed by atoms with Crippen LogP contribution in [0.1, 0.15) is 48.2 Å². The molecule has 186 valence electrons. The summed E-state index contributed by atoms with van der Waals surface area (Å²) in [4.78, 5) is 17.5. The van der Waals surface area contributed by atoms with E-state index in [1.807, 2.05) is 54.8 Å². The highest BCUT2D eigenvalue weighted by molar-refractivity contribution is 7.89. The molecule has 4 rings (SSSR count). The Balaban J connectivity index is 1.44. The number of amides is 1. The molecule has 0 saturated heterocycles. The number of hydrogen-bond acceptors (Lipinski definition) is 5. The van der Waals surface area contributed by atoms with Gasteiger partial charge in [-0.05, 0) is 41.3 Å². The van der Waals surface area contributed by atoms with E-state index < -0.39 is 10.0 Å². The van der Waals surface area contributed by atoms with Crippen LogP contribution < -0.4 is 5.32 Å². The van der Waals surface area contributed by atoms with E-state index in [0.29, 0.717) is 23.2 Å². The Bertz CT molecular complexity index is 1410. The van der Waals surface area contributed by atoms with Crippen molar-refractivity contribution < 1.29 is 13.2 Å². The zero-order valence-corrected chi connectivity index (χ0v) is 22.1. The standard InChI is InChI=1S/C28H29N3O3S2/c1-4-31(18-21-8-6-5-7-9-21)36(33,34)25-16-14-24(15-17-25)27(32)30-28-29-26(19-35-28)23-12-10-22(11-13-23)20(2)3/h5-17,19-20H,4,18H2,1-3H3,(H,29,30,32). The fourth-order valence-corrected chi connectivity index (χ4v) is 5.90. The van der Waals surface area contributed by atoms with Gasteiger partial charge in [0, 0.05) is 29.6 Å². The number of sulfonamides is 1. The van der Waals surface area contributed by atoms with E-state index in [-0.39, 0.29) is 17.3 Å². The fraction of sp³-hybridized carbons (Fsp3) is 0.214. The van der Waals surface area contributed by atoms with Gasteiger partial charge in [0.1, 0.15) is 0 Å². The van der Waals surface area contributed by atoms with E-state index >= 15 is 0 Å². The van der Waals surface area contributed by atoms with Crippen LogP contribution in [0.3, 0.4) is 0 Å². The first kappa shape index (κ1) is 25.8. The minimum Gasteiger partial charge on any atom is -0.298 e. The lowest BCUT2D eigenvalue weighted by atomic mass is 10.0. The van der Waals surface area contributed by atoms with Crippen LogP contribution in [0.25, 0.3) is 11.3 Å². The van der Waals surface area contributed by atoms with Crippen molar-refractivity contribution in [1.29, 1.82) is 0 Å². The van der Waals surface area contributed by atoms with Crippen LogP contribution in [0.15, 0.2) is 89.1 Å². The summed E-state index contributed by atoms with van der Waals surface area (Å²) in [5.41, 5.74) is 4.32. The predicted octanol–water partition coefficient (Wildman–Crippen LogP) is 6.40. The minimum absolute atomic E-state index is 0.151. The van der Waals surface area contributed by atoms with Gasteiger partial charge in [-0.3, -0.25) is 10.1 Å². The van der Waals surface area contributed by atoms with E-state index in [4.69, 9.17) is 0 Å². The third-order valence-corrected chi connectivity index (χ3v) is 8.60. The molecule has 0 fully saturated rings. The molecule has 0 atom stereocenters. The number of thiazole rings is 1. The van der Waals surface area contributed by atoms with Gasteiger partial charge >= 0.3 is 0 Å². The van der Waals surface area contributed by atoms with Crippen LogP contribution >= 0.6 is 11.3 Å². The van der Waals surface area contributed by atoms with Crippen LogP contribution in [-0.4, -0.2) is 30.2 Å². The van der Waals surface area contributed by atoms with Gasteiger partial charge in [-0.2, -0.15) is 4.31 Å². The molecule has 0 spiro atoms. The van der Waals surface area contributed by atoms with Gasteiger partial charge in [-0.25, -0.2) is 13.4 Å². The van der Waals surface area contributed by atoms with E-state index in [1.54, 1.807) is 0 Å². The second kappa shape index (κ2) is 11.2. The lowest BCUT2D eigenvalue weighted by Gasteiger charge is -2.20. The summed E-state index contributed by atoms with van der Waals surface area (Å²) in [7, 11) is -3.70. The van der Waals surface area contributed by atoms with Crippen LogP contribution in [-0.2, 0) is 16.6 Å². The van der Waals surface area contributed by atoms with E-state index in [9.17, 15) is 13.2 Å². The summed E-state index contributed by atoms with van der Waals surface area (Å²) >= 11 is 1.35. The van der Waals surface area contributed by atoms with Crippen molar-refractivity contribution in [3.63, 3.8) is 0 Å². The zero-order chi connectivity index (χ0) is 25.7. The van der Waals surface area contributed by atoms with E-state index in [2.05, 4.69) is 36.3 Å². The maximum Gasteiger partial charge on any atom is 0.257 e. The summed E-state index contributed by atoms with van der Waals surface area (Å²) < 4.78 is 27.7. The topological polar surface area (TPSA) is 79.4 Å². The molecule has 1 aromatic heterocycles. The van der Waals surface area contributed by atoms with Crippen molar-refractivity contribution in [3.05, 3.63) is 101 Å². The van der Waals surface area contributed by atoms with Crippen LogP contribution in [0.5, 0.6) is 0 Å². The van der Waals surface area contributed by atoms with Gasteiger partial charge in [0.05, 0.1) is 10.6 Å². The summed E-state index contributed by atoms with van der Waals surface area (Å²) in [6.45, 7) is 6.74. The first-order valence-corrected chi connectivity index (χ1v) is 14.1.